The Balaban J connectivity index is 1.69. The predicted molar refractivity (Wildman–Crippen MR) is 101 cm³/mol. The number of sulfonamides is 1. The van der Waals surface area contributed by atoms with Crippen molar-refractivity contribution in [3.8, 4) is 0 Å². The maximum absolute atomic E-state index is 13.1. The first kappa shape index (κ1) is 19.8. The van der Waals surface area contributed by atoms with Gasteiger partial charge < -0.3 is 5.32 Å². The third-order valence-corrected chi connectivity index (χ3v) is 7.39. The Kier molecular flexibility index (Phi) is 5.87. The molecule has 0 radical (unpaired) electrons. The van der Waals surface area contributed by atoms with Crippen molar-refractivity contribution in [1.29, 1.82) is 0 Å². The third kappa shape index (κ3) is 4.50. The van der Waals surface area contributed by atoms with E-state index in [-0.39, 0.29) is 23.3 Å². The van der Waals surface area contributed by atoms with E-state index < -0.39 is 21.8 Å². The highest BCUT2D eigenvalue weighted by Crippen LogP contribution is 2.26. The summed E-state index contributed by atoms with van der Waals surface area (Å²) in [5, 5.41) is 12.0. The van der Waals surface area contributed by atoms with E-state index in [2.05, 4.69) is 15.5 Å². The van der Waals surface area contributed by atoms with Crippen LogP contribution in [0.25, 0.3) is 0 Å². The monoisotopic (exact) mass is 412 g/mol. The molecule has 1 aromatic carbocycles. The Labute approximate surface area is 161 Å². The Morgan fingerprint density at radius 1 is 1.30 bits per heavy atom. The average molecular weight is 413 g/mol. The molecule has 0 saturated carbocycles. The van der Waals surface area contributed by atoms with Gasteiger partial charge in [-0.25, -0.2) is 12.8 Å². The fraction of sp³-hybridized carbons (Fsp3) is 0.471. The van der Waals surface area contributed by atoms with Gasteiger partial charge in [-0.2, -0.15) is 4.31 Å². The number of piperidine rings is 1. The van der Waals surface area contributed by atoms with E-state index in [9.17, 15) is 17.6 Å². The number of carbonyl (C=O) groups excluding carboxylic acids is 1. The third-order valence-electron chi connectivity index (χ3n) is 4.37. The van der Waals surface area contributed by atoms with Crippen molar-refractivity contribution >= 4 is 32.4 Å². The number of hydrogen-bond donors (Lipinski definition) is 1. The molecule has 1 aromatic heterocycles. The minimum atomic E-state index is -3.76. The summed E-state index contributed by atoms with van der Waals surface area (Å²) in [7, 11) is -3.76. The minimum Gasteiger partial charge on any atom is -0.300 e. The Morgan fingerprint density at radius 3 is 2.63 bits per heavy atom. The van der Waals surface area contributed by atoms with Gasteiger partial charge in [0.15, 0.2) is 0 Å². The Bertz CT molecular complexity index is 913. The lowest BCUT2D eigenvalue weighted by atomic mass is 9.99. The lowest BCUT2D eigenvalue weighted by molar-refractivity contribution is -0.120. The molecular weight excluding hydrogens is 391 g/mol. The van der Waals surface area contributed by atoms with Crippen LogP contribution in [0.4, 0.5) is 9.52 Å². The van der Waals surface area contributed by atoms with Crippen LogP contribution in [0.3, 0.4) is 0 Å². The van der Waals surface area contributed by atoms with Gasteiger partial charge in [-0.3, -0.25) is 4.79 Å². The van der Waals surface area contributed by atoms with Crippen LogP contribution in [-0.4, -0.2) is 41.9 Å². The number of nitrogens with one attached hydrogen (secondary N) is 1. The zero-order valence-corrected chi connectivity index (χ0v) is 16.7. The molecule has 27 heavy (non-hydrogen) atoms. The van der Waals surface area contributed by atoms with Crippen LogP contribution >= 0.6 is 11.3 Å². The summed E-state index contributed by atoms with van der Waals surface area (Å²) in [6.45, 7) is 4.40. The van der Waals surface area contributed by atoms with Gasteiger partial charge in [0.25, 0.3) is 0 Å². The van der Waals surface area contributed by atoms with Crippen LogP contribution in [0.2, 0.25) is 0 Å². The van der Waals surface area contributed by atoms with Crippen molar-refractivity contribution in [2.24, 2.45) is 5.92 Å². The second kappa shape index (κ2) is 7.99. The first-order valence-corrected chi connectivity index (χ1v) is 10.9. The van der Waals surface area contributed by atoms with Crippen LogP contribution in [0.15, 0.2) is 29.2 Å². The number of aromatic nitrogens is 2. The molecule has 0 spiro atoms. The highest BCUT2D eigenvalue weighted by atomic mass is 32.2. The fourth-order valence-electron chi connectivity index (χ4n) is 2.86. The number of halogens is 1. The van der Waals surface area contributed by atoms with E-state index in [0.29, 0.717) is 24.5 Å². The van der Waals surface area contributed by atoms with Crippen LogP contribution in [0.1, 0.15) is 37.6 Å². The number of amides is 1. The zero-order valence-electron chi connectivity index (χ0n) is 15.1. The van der Waals surface area contributed by atoms with Crippen LogP contribution in [-0.2, 0) is 14.8 Å². The summed E-state index contributed by atoms with van der Waals surface area (Å²) in [5.74, 6) is -1.01. The molecule has 7 nitrogen and oxygen atoms in total. The van der Waals surface area contributed by atoms with Gasteiger partial charge in [0.1, 0.15) is 10.8 Å². The highest BCUT2D eigenvalue weighted by Gasteiger charge is 2.33. The van der Waals surface area contributed by atoms with Crippen LogP contribution in [0, 0.1) is 11.7 Å². The number of anilines is 1. The molecule has 2 heterocycles. The van der Waals surface area contributed by atoms with E-state index in [0.717, 1.165) is 17.1 Å². The molecule has 1 atom stereocenters. The first-order chi connectivity index (χ1) is 12.8. The molecule has 146 valence electrons. The largest absolute Gasteiger partial charge is 0.300 e. The molecular formula is C17H21FN4O3S2. The molecule has 1 saturated heterocycles. The van der Waals surface area contributed by atoms with Gasteiger partial charge >= 0.3 is 0 Å². The number of hydrogen-bond acceptors (Lipinski definition) is 6. The quantitative estimate of drug-likeness (QED) is 0.815. The van der Waals surface area contributed by atoms with Crippen molar-refractivity contribution in [3.05, 3.63) is 35.1 Å². The minimum absolute atomic E-state index is 0.0238. The van der Waals surface area contributed by atoms with Gasteiger partial charge in [-0.05, 0) is 37.1 Å². The molecule has 1 fully saturated rings. The van der Waals surface area contributed by atoms with Crippen molar-refractivity contribution in [2.75, 3.05) is 18.4 Å². The highest BCUT2D eigenvalue weighted by molar-refractivity contribution is 7.89. The molecule has 1 N–H and O–H groups in total. The summed E-state index contributed by atoms with van der Waals surface area (Å²) in [5.41, 5.74) is 0. The van der Waals surface area contributed by atoms with Gasteiger partial charge in [0, 0.05) is 19.0 Å². The molecule has 3 rings (SSSR count). The van der Waals surface area contributed by atoms with Gasteiger partial charge in [0.05, 0.1) is 10.8 Å². The second-order valence-electron chi connectivity index (χ2n) is 6.75. The van der Waals surface area contributed by atoms with Gasteiger partial charge in [-0.15, -0.1) is 10.2 Å². The van der Waals surface area contributed by atoms with E-state index in [1.54, 1.807) is 0 Å². The SMILES string of the molecule is CC(C)c1nnc(NC(=O)[C@@H]2CCCN(S(=O)(=O)c3ccc(F)cc3)C2)s1. The van der Waals surface area contributed by atoms with E-state index >= 15 is 0 Å². The summed E-state index contributed by atoms with van der Waals surface area (Å²) in [6, 6.07) is 4.71. The average Bonchev–Trinajstić information content (AvgIpc) is 3.11. The smallest absolute Gasteiger partial charge is 0.243 e. The molecule has 1 aliphatic rings. The molecule has 0 bridgehead atoms. The number of rotatable bonds is 5. The Hall–Kier alpha value is -1.91. The van der Waals surface area contributed by atoms with E-state index in [1.807, 2.05) is 13.8 Å². The zero-order chi connectivity index (χ0) is 19.6. The second-order valence-corrected chi connectivity index (χ2v) is 9.69. The molecule has 1 amide bonds. The maximum Gasteiger partial charge on any atom is 0.243 e. The lowest BCUT2D eigenvalue weighted by Crippen LogP contribution is -2.43. The summed E-state index contributed by atoms with van der Waals surface area (Å²) in [4.78, 5) is 12.6. The normalized spacial score (nSPS) is 18.6. The van der Waals surface area contributed by atoms with E-state index in [4.69, 9.17) is 0 Å². The topological polar surface area (TPSA) is 92.3 Å². The molecule has 0 aliphatic carbocycles. The van der Waals surface area contributed by atoms with Gasteiger partial charge in [0.2, 0.25) is 21.1 Å². The molecule has 1 aliphatic heterocycles. The van der Waals surface area contributed by atoms with Crippen LogP contribution < -0.4 is 5.32 Å². The van der Waals surface area contributed by atoms with Crippen molar-refractivity contribution in [2.45, 2.75) is 37.5 Å². The number of carbonyl (C=O) groups is 1. The fourth-order valence-corrected chi connectivity index (χ4v) is 5.13. The number of benzene rings is 1. The maximum atomic E-state index is 13.1. The Morgan fingerprint density at radius 2 is 2.00 bits per heavy atom. The molecule has 0 unspecified atom stereocenters. The predicted octanol–water partition coefficient (Wildman–Crippen LogP) is 2.84. The van der Waals surface area contributed by atoms with Crippen LogP contribution in [0.5, 0.6) is 0 Å². The number of nitrogens with zero attached hydrogens (tertiary/aromatic N) is 3. The van der Waals surface area contributed by atoms with Crippen molar-refractivity contribution in [3.63, 3.8) is 0 Å². The molecule has 10 heteroatoms. The lowest BCUT2D eigenvalue weighted by Gasteiger charge is -2.31. The van der Waals surface area contributed by atoms with Gasteiger partial charge in [-0.1, -0.05) is 25.2 Å². The standard InChI is InChI=1S/C17H21FN4O3S2/c1-11(2)16-20-21-17(26-16)19-15(23)12-4-3-9-22(10-12)27(24,25)14-7-5-13(18)6-8-14/h5-8,11-12H,3-4,9-10H2,1-2H3,(H,19,21,23)/t12-/m1/s1. The van der Waals surface area contributed by atoms with Crippen molar-refractivity contribution in [1.82, 2.24) is 14.5 Å². The van der Waals surface area contributed by atoms with Crippen molar-refractivity contribution < 1.29 is 17.6 Å². The molecule has 2 aromatic rings. The summed E-state index contributed by atoms with van der Waals surface area (Å²) >= 11 is 1.32. The van der Waals surface area contributed by atoms with E-state index in [1.165, 1.54) is 27.8 Å². The summed E-state index contributed by atoms with van der Waals surface area (Å²) < 4.78 is 39.9. The first-order valence-electron chi connectivity index (χ1n) is 8.67. The summed E-state index contributed by atoms with van der Waals surface area (Å²) in [6.07, 6.45) is 1.17.